The zero-order valence-electron chi connectivity index (χ0n) is 15.5. The van der Waals surface area contributed by atoms with Gasteiger partial charge in [0.25, 0.3) is 0 Å². The molecule has 2 heterocycles. The molecule has 0 aliphatic carbocycles. The third kappa shape index (κ3) is 5.57. The number of methoxy groups -OCH3 is 1. The molecule has 0 atom stereocenters. The maximum absolute atomic E-state index is 5.97. The summed E-state index contributed by atoms with van der Waals surface area (Å²) in [6.45, 7) is 5.77. The van der Waals surface area contributed by atoms with Gasteiger partial charge in [0.05, 0.1) is 10.7 Å². The number of hydrogen-bond donors (Lipinski definition) is 1. The summed E-state index contributed by atoms with van der Waals surface area (Å²) in [5.74, 6) is 2.23. The smallest absolute Gasteiger partial charge is 0.232 e. The molecule has 0 spiro atoms. The summed E-state index contributed by atoms with van der Waals surface area (Å²) in [7, 11) is 1.66. The first-order valence-corrected chi connectivity index (χ1v) is 11.1. The molecular weight excluding hydrogens is 570 g/mol. The average molecular weight is 594 g/mol. The van der Waals surface area contributed by atoms with Crippen LogP contribution in [0.2, 0.25) is 0 Å². The Balaban J connectivity index is 1.64. The number of nitrogens with one attached hydrogen (secondary N) is 1. The highest BCUT2D eigenvalue weighted by Crippen LogP contribution is 2.32. The Morgan fingerprint density at radius 2 is 1.93 bits per heavy atom. The van der Waals surface area contributed by atoms with Crippen LogP contribution in [0.15, 0.2) is 30.5 Å². The Morgan fingerprint density at radius 3 is 2.56 bits per heavy atom. The Bertz CT molecular complexity index is 750. The van der Waals surface area contributed by atoms with Gasteiger partial charge in [-0.05, 0) is 58.5 Å². The lowest BCUT2D eigenvalue weighted by Gasteiger charge is -2.39. The average Bonchev–Trinajstić information content (AvgIpc) is 2.68. The van der Waals surface area contributed by atoms with Gasteiger partial charge in [-0.3, -0.25) is 3.53 Å². The normalized spacial score (nSPS) is 16.2. The first-order valence-electron chi connectivity index (χ1n) is 8.90. The van der Waals surface area contributed by atoms with Crippen molar-refractivity contribution in [3.05, 3.63) is 39.6 Å². The molecule has 1 fully saturated rings. The minimum atomic E-state index is 0.342. The summed E-state index contributed by atoms with van der Waals surface area (Å²) in [6, 6.07) is 7.87. The van der Waals surface area contributed by atoms with E-state index in [2.05, 4.69) is 70.8 Å². The number of anilines is 1. The van der Waals surface area contributed by atoms with E-state index in [1.807, 2.05) is 30.5 Å². The number of benzene rings is 1. The summed E-state index contributed by atoms with van der Waals surface area (Å²) < 4.78 is 15.4. The largest absolute Gasteiger partial charge is 0.497 e. The molecule has 2 aromatic rings. The lowest BCUT2D eigenvalue weighted by molar-refractivity contribution is 0.252. The molecule has 0 saturated carbocycles. The van der Waals surface area contributed by atoms with E-state index in [0.29, 0.717) is 17.9 Å². The van der Waals surface area contributed by atoms with Crippen molar-refractivity contribution in [3.8, 4) is 11.6 Å². The number of piperidine rings is 1. The van der Waals surface area contributed by atoms with Crippen molar-refractivity contribution < 1.29 is 9.47 Å². The van der Waals surface area contributed by atoms with E-state index in [1.54, 1.807) is 7.11 Å². The number of rotatable bonds is 7. The summed E-state index contributed by atoms with van der Waals surface area (Å²) in [4.78, 5) is 11.5. The maximum atomic E-state index is 5.97. The van der Waals surface area contributed by atoms with Crippen LogP contribution in [0.1, 0.15) is 25.3 Å². The molecular formula is C19H24I2N4O2. The van der Waals surface area contributed by atoms with Crippen molar-refractivity contribution in [1.82, 2.24) is 13.5 Å². The molecule has 1 N–H and O–H groups in total. The molecule has 1 saturated heterocycles. The van der Waals surface area contributed by atoms with Crippen LogP contribution < -0.4 is 17.9 Å². The highest BCUT2D eigenvalue weighted by molar-refractivity contribution is 14.1. The van der Waals surface area contributed by atoms with Gasteiger partial charge in [0, 0.05) is 48.7 Å². The minimum Gasteiger partial charge on any atom is -0.497 e. The maximum Gasteiger partial charge on any atom is 0.232 e. The van der Waals surface area contributed by atoms with Gasteiger partial charge in [-0.15, -0.1) is 0 Å². The molecule has 146 valence electrons. The Kier molecular flexibility index (Phi) is 7.37. The van der Waals surface area contributed by atoms with Crippen LogP contribution in [0.4, 0.5) is 5.95 Å². The quantitative estimate of drug-likeness (QED) is 0.383. The molecule has 1 aromatic heterocycles. The second-order valence-electron chi connectivity index (χ2n) is 7.07. The third-order valence-electron chi connectivity index (χ3n) is 4.98. The molecule has 1 aliphatic heterocycles. The van der Waals surface area contributed by atoms with Gasteiger partial charge < -0.3 is 14.4 Å². The van der Waals surface area contributed by atoms with Crippen LogP contribution in [-0.4, -0.2) is 36.7 Å². The lowest BCUT2D eigenvalue weighted by Crippen LogP contribution is -2.42. The second kappa shape index (κ2) is 9.55. The topological polar surface area (TPSA) is 59.5 Å². The first-order chi connectivity index (χ1) is 13.0. The predicted molar refractivity (Wildman–Crippen MR) is 124 cm³/mol. The van der Waals surface area contributed by atoms with Gasteiger partial charge in [-0.1, -0.05) is 19.1 Å². The summed E-state index contributed by atoms with van der Waals surface area (Å²) in [6.07, 6.45) is 4.09. The second-order valence-corrected chi connectivity index (χ2v) is 8.99. The van der Waals surface area contributed by atoms with Crippen LogP contribution in [0, 0.1) is 8.99 Å². The minimum absolute atomic E-state index is 0.342. The van der Waals surface area contributed by atoms with Crippen molar-refractivity contribution in [1.29, 1.82) is 0 Å². The fourth-order valence-corrected chi connectivity index (χ4v) is 4.39. The van der Waals surface area contributed by atoms with Gasteiger partial charge in [0.1, 0.15) is 12.4 Å². The summed E-state index contributed by atoms with van der Waals surface area (Å²) >= 11 is 4.45. The molecule has 0 bridgehead atoms. The van der Waals surface area contributed by atoms with E-state index in [4.69, 9.17) is 9.47 Å². The van der Waals surface area contributed by atoms with Crippen LogP contribution in [-0.2, 0) is 6.61 Å². The third-order valence-corrected chi connectivity index (χ3v) is 6.10. The lowest BCUT2D eigenvalue weighted by atomic mass is 9.81. The summed E-state index contributed by atoms with van der Waals surface area (Å²) in [5.41, 5.74) is 1.42. The molecule has 27 heavy (non-hydrogen) atoms. The van der Waals surface area contributed by atoms with E-state index in [9.17, 15) is 0 Å². The van der Waals surface area contributed by atoms with Gasteiger partial charge in [-0.2, -0.15) is 4.98 Å². The molecule has 0 unspecified atom stereocenters. The van der Waals surface area contributed by atoms with Crippen molar-refractivity contribution in [2.75, 3.05) is 31.6 Å². The Morgan fingerprint density at radius 1 is 1.22 bits per heavy atom. The van der Waals surface area contributed by atoms with Crippen LogP contribution in [0.5, 0.6) is 11.6 Å². The fraction of sp³-hybridized carbons (Fsp3) is 0.474. The number of halogens is 2. The highest BCUT2D eigenvalue weighted by atomic mass is 127. The standard InChI is InChI=1S/C19H24I2N4O2/c1-19(13-23-21)7-9-25(10-8-19)18-22-11-16(20)17(24-18)27-12-14-3-5-15(26-2)6-4-14/h3-6,11,23H,7-10,12-13H2,1-2H3. The van der Waals surface area contributed by atoms with Crippen molar-refractivity contribution in [2.45, 2.75) is 26.4 Å². The van der Waals surface area contributed by atoms with Crippen LogP contribution in [0.25, 0.3) is 0 Å². The highest BCUT2D eigenvalue weighted by Gasteiger charge is 2.30. The molecule has 1 aromatic carbocycles. The van der Waals surface area contributed by atoms with Crippen molar-refractivity contribution in [3.63, 3.8) is 0 Å². The molecule has 3 rings (SSSR count). The molecule has 0 amide bonds. The SMILES string of the molecule is COc1ccc(COc2nc(N3CCC(C)(CNI)CC3)ncc2I)cc1. The molecule has 6 nitrogen and oxygen atoms in total. The zero-order chi connectivity index (χ0) is 19.3. The molecule has 1 aliphatic rings. The number of hydrogen-bond acceptors (Lipinski definition) is 6. The van der Waals surface area contributed by atoms with Crippen molar-refractivity contribution in [2.24, 2.45) is 5.41 Å². The van der Waals surface area contributed by atoms with Crippen LogP contribution >= 0.6 is 45.5 Å². The van der Waals surface area contributed by atoms with Crippen molar-refractivity contribution >= 4 is 51.4 Å². The number of nitrogens with zero attached hydrogens (tertiary/aromatic N) is 3. The van der Waals surface area contributed by atoms with Gasteiger partial charge in [0.15, 0.2) is 0 Å². The monoisotopic (exact) mass is 594 g/mol. The first kappa shape index (κ1) is 20.8. The van der Waals surface area contributed by atoms with E-state index in [1.165, 1.54) is 0 Å². The molecule has 0 radical (unpaired) electrons. The van der Waals surface area contributed by atoms with E-state index < -0.39 is 0 Å². The van der Waals surface area contributed by atoms with Gasteiger partial charge in [0.2, 0.25) is 11.8 Å². The van der Waals surface area contributed by atoms with E-state index >= 15 is 0 Å². The van der Waals surface area contributed by atoms with E-state index in [0.717, 1.165) is 53.3 Å². The number of aromatic nitrogens is 2. The fourth-order valence-electron chi connectivity index (χ4n) is 3.05. The zero-order valence-corrected chi connectivity index (χ0v) is 19.9. The summed E-state index contributed by atoms with van der Waals surface area (Å²) in [5, 5.41) is 0. The predicted octanol–water partition coefficient (Wildman–Crippen LogP) is 4.21. The van der Waals surface area contributed by atoms with Gasteiger partial charge in [-0.25, -0.2) is 4.98 Å². The van der Waals surface area contributed by atoms with Crippen LogP contribution in [0.3, 0.4) is 0 Å². The Labute approximate surface area is 188 Å². The Hall–Kier alpha value is -0.880. The van der Waals surface area contributed by atoms with E-state index in [-0.39, 0.29) is 0 Å². The number of ether oxygens (including phenoxy) is 2. The van der Waals surface area contributed by atoms with Gasteiger partial charge >= 0.3 is 0 Å². The molecule has 8 heteroatoms.